The highest BCUT2D eigenvalue weighted by molar-refractivity contribution is 6.00. The topological polar surface area (TPSA) is 49.4 Å². The van der Waals surface area contributed by atoms with Crippen molar-refractivity contribution in [2.75, 3.05) is 11.4 Å². The van der Waals surface area contributed by atoms with Crippen molar-refractivity contribution in [1.82, 2.24) is 5.32 Å². The highest BCUT2D eigenvalue weighted by Gasteiger charge is 2.35. The molecule has 0 saturated carbocycles. The van der Waals surface area contributed by atoms with Crippen molar-refractivity contribution in [1.29, 1.82) is 0 Å². The number of nitrogens with one attached hydrogen (secondary N) is 1. The van der Waals surface area contributed by atoms with Gasteiger partial charge in [0.15, 0.2) is 0 Å². The molecule has 0 radical (unpaired) electrons. The number of anilines is 1. The van der Waals surface area contributed by atoms with Crippen LogP contribution in [0.15, 0.2) is 42.5 Å². The molecule has 1 aliphatic heterocycles. The highest BCUT2D eigenvalue weighted by atomic mass is 16.2. The van der Waals surface area contributed by atoms with Gasteiger partial charge in [0, 0.05) is 25.2 Å². The molecule has 0 bridgehead atoms. The molecule has 142 valence electrons. The Morgan fingerprint density at radius 3 is 2.52 bits per heavy atom. The number of carbonyl (C=O) groups excluding carboxylic acids is 2. The number of benzene rings is 2. The second-order valence-electron chi connectivity index (χ2n) is 7.74. The van der Waals surface area contributed by atoms with Crippen molar-refractivity contribution in [2.45, 2.75) is 46.6 Å². The van der Waals surface area contributed by atoms with Crippen molar-refractivity contribution in [3.63, 3.8) is 0 Å². The maximum absolute atomic E-state index is 12.6. The third kappa shape index (κ3) is 4.21. The van der Waals surface area contributed by atoms with Crippen LogP contribution >= 0.6 is 0 Å². The minimum Gasteiger partial charge on any atom is -0.352 e. The predicted molar refractivity (Wildman–Crippen MR) is 109 cm³/mol. The molecule has 1 atom stereocenters. The van der Waals surface area contributed by atoms with Gasteiger partial charge in [0.1, 0.15) is 0 Å². The number of hydrogen-bond acceptors (Lipinski definition) is 2. The average molecular weight is 364 g/mol. The lowest BCUT2D eigenvalue weighted by atomic mass is 10.0. The number of rotatable bonds is 5. The number of carbonyl (C=O) groups is 2. The number of amides is 2. The fraction of sp³-hybridized carbons (Fsp3) is 0.391. The first-order chi connectivity index (χ1) is 12.9. The molecule has 27 heavy (non-hydrogen) atoms. The van der Waals surface area contributed by atoms with Crippen LogP contribution in [0.5, 0.6) is 0 Å². The highest BCUT2D eigenvalue weighted by Crippen LogP contribution is 2.29. The zero-order valence-corrected chi connectivity index (χ0v) is 16.6. The Kier molecular flexibility index (Phi) is 5.64. The molecule has 4 heteroatoms. The Labute approximate surface area is 161 Å². The van der Waals surface area contributed by atoms with Crippen LogP contribution in [0.2, 0.25) is 0 Å². The third-order valence-electron chi connectivity index (χ3n) is 5.48. The van der Waals surface area contributed by atoms with E-state index in [9.17, 15) is 9.59 Å². The van der Waals surface area contributed by atoms with E-state index in [0.29, 0.717) is 19.0 Å². The summed E-state index contributed by atoms with van der Waals surface area (Å²) in [4.78, 5) is 26.8. The Hall–Kier alpha value is -2.62. The molecule has 2 aromatic rings. The lowest BCUT2D eigenvalue weighted by Crippen LogP contribution is -2.32. The molecular formula is C23H28N2O2. The molecule has 2 amide bonds. The first kappa shape index (κ1) is 19.2. The SMILES string of the molecule is Cc1cccc(N2C[C@@H](C(=O)NCc3ccc(C(C)C)cc3)CC2=O)c1C. The lowest BCUT2D eigenvalue weighted by molar-refractivity contribution is -0.126. The second-order valence-corrected chi connectivity index (χ2v) is 7.74. The minimum absolute atomic E-state index is 0.0186. The van der Waals surface area contributed by atoms with Gasteiger partial charge in [-0.05, 0) is 48.1 Å². The summed E-state index contributed by atoms with van der Waals surface area (Å²) in [5.74, 6) is 0.163. The van der Waals surface area contributed by atoms with E-state index in [1.54, 1.807) is 4.90 Å². The Morgan fingerprint density at radius 1 is 1.15 bits per heavy atom. The van der Waals surface area contributed by atoms with Gasteiger partial charge in [0.2, 0.25) is 11.8 Å². The van der Waals surface area contributed by atoms with Gasteiger partial charge in [-0.15, -0.1) is 0 Å². The third-order valence-corrected chi connectivity index (χ3v) is 5.48. The standard InChI is InChI=1S/C23H28N2O2/c1-15(2)19-10-8-18(9-11-19)13-24-23(27)20-12-22(26)25(14-20)21-7-5-6-16(3)17(21)4/h5-11,15,20H,12-14H2,1-4H3,(H,24,27)/t20-/m0/s1. The fourth-order valence-corrected chi connectivity index (χ4v) is 3.50. The molecule has 1 saturated heterocycles. The van der Waals surface area contributed by atoms with E-state index < -0.39 is 0 Å². The molecule has 0 spiro atoms. The van der Waals surface area contributed by atoms with Crippen LogP contribution < -0.4 is 10.2 Å². The van der Waals surface area contributed by atoms with E-state index >= 15 is 0 Å². The largest absolute Gasteiger partial charge is 0.352 e. The minimum atomic E-state index is -0.299. The van der Waals surface area contributed by atoms with E-state index in [2.05, 4.69) is 43.4 Å². The van der Waals surface area contributed by atoms with Gasteiger partial charge in [-0.3, -0.25) is 9.59 Å². The zero-order valence-electron chi connectivity index (χ0n) is 16.6. The monoisotopic (exact) mass is 364 g/mol. The Morgan fingerprint density at radius 2 is 1.85 bits per heavy atom. The predicted octanol–water partition coefficient (Wildman–Crippen LogP) is 4.10. The van der Waals surface area contributed by atoms with Gasteiger partial charge in [-0.1, -0.05) is 50.2 Å². The lowest BCUT2D eigenvalue weighted by Gasteiger charge is -2.20. The molecule has 1 aliphatic rings. The average Bonchev–Trinajstić information content (AvgIpc) is 3.04. The van der Waals surface area contributed by atoms with Gasteiger partial charge in [-0.2, -0.15) is 0 Å². The van der Waals surface area contributed by atoms with Crippen LogP contribution in [0.4, 0.5) is 5.69 Å². The van der Waals surface area contributed by atoms with Crippen molar-refractivity contribution in [2.24, 2.45) is 5.92 Å². The first-order valence-electron chi connectivity index (χ1n) is 9.60. The van der Waals surface area contributed by atoms with Crippen LogP contribution in [-0.4, -0.2) is 18.4 Å². The Bertz CT molecular complexity index is 840. The molecule has 0 aromatic heterocycles. The van der Waals surface area contributed by atoms with E-state index in [4.69, 9.17) is 0 Å². The summed E-state index contributed by atoms with van der Waals surface area (Å²) in [6.07, 6.45) is 0.269. The van der Waals surface area contributed by atoms with Gasteiger partial charge >= 0.3 is 0 Å². The fourth-order valence-electron chi connectivity index (χ4n) is 3.50. The molecule has 0 unspecified atom stereocenters. The summed E-state index contributed by atoms with van der Waals surface area (Å²) in [6, 6.07) is 14.3. The van der Waals surface area contributed by atoms with Crippen molar-refractivity contribution >= 4 is 17.5 Å². The van der Waals surface area contributed by atoms with Crippen LogP contribution in [0, 0.1) is 19.8 Å². The molecule has 2 aromatic carbocycles. The van der Waals surface area contributed by atoms with Crippen molar-refractivity contribution in [3.05, 3.63) is 64.7 Å². The maximum atomic E-state index is 12.6. The summed E-state index contributed by atoms with van der Waals surface area (Å²) in [7, 11) is 0. The van der Waals surface area contributed by atoms with Gasteiger partial charge in [-0.25, -0.2) is 0 Å². The summed E-state index contributed by atoms with van der Waals surface area (Å²) < 4.78 is 0. The molecule has 4 nitrogen and oxygen atoms in total. The normalized spacial score (nSPS) is 16.9. The van der Waals surface area contributed by atoms with E-state index in [1.807, 2.05) is 32.0 Å². The maximum Gasteiger partial charge on any atom is 0.227 e. The van der Waals surface area contributed by atoms with Crippen LogP contribution in [0.1, 0.15) is 48.4 Å². The molecule has 0 aliphatic carbocycles. The molecule has 1 fully saturated rings. The van der Waals surface area contributed by atoms with Crippen molar-refractivity contribution < 1.29 is 9.59 Å². The molecule has 1 heterocycles. The van der Waals surface area contributed by atoms with E-state index in [1.165, 1.54) is 5.56 Å². The summed E-state index contributed by atoms with van der Waals surface area (Å²) in [5, 5.41) is 2.99. The first-order valence-corrected chi connectivity index (χ1v) is 9.60. The summed E-state index contributed by atoms with van der Waals surface area (Å²) in [5.41, 5.74) is 5.52. The van der Waals surface area contributed by atoms with Gasteiger partial charge < -0.3 is 10.2 Å². The smallest absolute Gasteiger partial charge is 0.227 e. The number of aryl methyl sites for hydroxylation is 1. The van der Waals surface area contributed by atoms with E-state index in [0.717, 1.165) is 22.4 Å². The van der Waals surface area contributed by atoms with Gasteiger partial charge in [0.05, 0.1) is 5.92 Å². The van der Waals surface area contributed by atoms with Gasteiger partial charge in [0.25, 0.3) is 0 Å². The quantitative estimate of drug-likeness (QED) is 0.868. The number of nitrogens with zero attached hydrogens (tertiary/aromatic N) is 1. The van der Waals surface area contributed by atoms with E-state index in [-0.39, 0.29) is 24.2 Å². The van der Waals surface area contributed by atoms with Crippen LogP contribution in [0.3, 0.4) is 0 Å². The molecular weight excluding hydrogens is 336 g/mol. The second kappa shape index (κ2) is 7.95. The number of hydrogen-bond donors (Lipinski definition) is 1. The zero-order chi connectivity index (χ0) is 19.6. The summed E-state index contributed by atoms with van der Waals surface area (Å²) >= 11 is 0. The summed E-state index contributed by atoms with van der Waals surface area (Å²) in [6.45, 7) is 9.32. The molecule has 3 rings (SSSR count). The van der Waals surface area contributed by atoms with Crippen LogP contribution in [-0.2, 0) is 16.1 Å². The Balaban J connectivity index is 1.61. The molecule has 1 N–H and O–H groups in total. The van der Waals surface area contributed by atoms with Crippen molar-refractivity contribution in [3.8, 4) is 0 Å². The van der Waals surface area contributed by atoms with Crippen LogP contribution in [0.25, 0.3) is 0 Å².